The third-order valence-corrected chi connectivity index (χ3v) is 1.78. The highest BCUT2D eigenvalue weighted by Gasteiger charge is 1.97. The molecule has 0 bridgehead atoms. The Balaban J connectivity index is 2.59. The van der Waals surface area contributed by atoms with Crippen molar-refractivity contribution in [3.05, 3.63) is 23.8 Å². The van der Waals surface area contributed by atoms with E-state index in [-0.39, 0.29) is 0 Å². The van der Waals surface area contributed by atoms with Gasteiger partial charge in [-0.2, -0.15) is 0 Å². The molecule has 0 atom stereocenters. The Morgan fingerprint density at radius 2 is 2.23 bits per heavy atom. The van der Waals surface area contributed by atoms with E-state index in [0.29, 0.717) is 13.3 Å². The Morgan fingerprint density at radius 1 is 1.46 bits per heavy atom. The van der Waals surface area contributed by atoms with E-state index in [2.05, 4.69) is 5.32 Å². The van der Waals surface area contributed by atoms with Gasteiger partial charge in [0.1, 0.15) is 6.73 Å². The van der Waals surface area contributed by atoms with E-state index in [1.165, 1.54) is 5.56 Å². The summed E-state index contributed by atoms with van der Waals surface area (Å²) in [4.78, 5) is 0. The zero-order valence-corrected chi connectivity index (χ0v) is 8.13. The lowest BCUT2D eigenvalue weighted by Crippen LogP contribution is -2.07. The molecule has 0 aliphatic rings. The van der Waals surface area contributed by atoms with Crippen LogP contribution in [0.2, 0.25) is 0 Å². The van der Waals surface area contributed by atoms with Crippen molar-refractivity contribution in [2.75, 3.05) is 24.4 Å². The van der Waals surface area contributed by atoms with E-state index < -0.39 is 0 Å². The number of nitrogens with two attached hydrogens (primary N) is 1. The molecule has 0 heterocycles. The fraction of sp³-hybridized carbons (Fsp3) is 0.400. The Labute approximate surface area is 78.9 Å². The molecule has 0 fully saturated rings. The van der Waals surface area contributed by atoms with Gasteiger partial charge >= 0.3 is 0 Å². The summed E-state index contributed by atoms with van der Waals surface area (Å²) >= 11 is 0. The van der Waals surface area contributed by atoms with E-state index in [1.807, 2.05) is 32.0 Å². The SMILES string of the molecule is CCOCNc1cc(C)ccc1N. The van der Waals surface area contributed by atoms with Crippen LogP contribution in [0.15, 0.2) is 18.2 Å². The highest BCUT2D eigenvalue weighted by molar-refractivity contribution is 5.66. The highest BCUT2D eigenvalue weighted by atomic mass is 16.5. The molecule has 0 aliphatic heterocycles. The van der Waals surface area contributed by atoms with E-state index in [9.17, 15) is 0 Å². The summed E-state index contributed by atoms with van der Waals surface area (Å²) in [7, 11) is 0. The maximum absolute atomic E-state index is 5.75. The Bertz CT molecular complexity index is 274. The molecule has 0 unspecified atom stereocenters. The molecule has 0 spiro atoms. The van der Waals surface area contributed by atoms with E-state index in [0.717, 1.165) is 11.4 Å². The van der Waals surface area contributed by atoms with E-state index in [1.54, 1.807) is 0 Å². The van der Waals surface area contributed by atoms with Gasteiger partial charge in [-0.3, -0.25) is 0 Å². The number of nitrogen functional groups attached to an aromatic ring is 1. The zero-order valence-electron chi connectivity index (χ0n) is 8.13. The van der Waals surface area contributed by atoms with Gasteiger partial charge in [0.05, 0.1) is 11.4 Å². The number of rotatable bonds is 4. The lowest BCUT2D eigenvalue weighted by molar-refractivity contribution is 0.167. The summed E-state index contributed by atoms with van der Waals surface area (Å²) < 4.78 is 5.17. The van der Waals surface area contributed by atoms with Crippen LogP contribution in [0.3, 0.4) is 0 Å². The van der Waals surface area contributed by atoms with Crippen LogP contribution < -0.4 is 11.1 Å². The molecule has 1 rings (SSSR count). The lowest BCUT2D eigenvalue weighted by atomic mass is 10.2. The summed E-state index contributed by atoms with van der Waals surface area (Å²) in [5, 5.41) is 3.11. The largest absolute Gasteiger partial charge is 0.397 e. The molecule has 3 N–H and O–H groups in total. The maximum atomic E-state index is 5.75. The first-order valence-electron chi connectivity index (χ1n) is 4.41. The van der Waals surface area contributed by atoms with Crippen molar-refractivity contribution in [3.63, 3.8) is 0 Å². The van der Waals surface area contributed by atoms with E-state index >= 15 is 0 Å². The van der Waals surface area contributed by atoms with Crippen LogP contribution in [0, 0.1) is 6.92 Å². The second-order valence-corrected chi connectivity index (χ2v) is 2.90. The van der Waals surface area contributed by atoms with Gasteiger partial charge in [0.15, 0.2) is 0 Å². The highest BCUT2D eigenvalue weighted by Crippen LogP contribution is 2.18. The Kier molecular flexibility index (Phi) is 3.58. The van der Waals surface area contributed by atoms with Gasteiger partial charge in [-0.05, 0) is 31.5 Å². The zero-order chi connectivity index (χ0) is 9.68. The van der Waals surface area contributed by atoms with Gasteiger partial charge in [-0.1, -0.05) is 6.07 Å². The van der Waals surface area contributed by atoms with E-state index in [4.69, 9.17) is 10.5 Å². The first kappa shape index (κ1) is 9.86. The maximum Gasteiger partial charge on any atom is 0.116 e. The van der Waals surface area contributed by atoms with Crippen molar-refractivity contribution in [2.45, 2.75) is 13.8 Å². The third kappa shape index (κ3) is 2.95. The predicted octanol–water partition coefficient (Wildman–Crippen LogP) is 1.98. The quantitative estimate of drug-likeness (QED) is 0.423. The number of nitrogens with one attached hydrogen (secondary N) is 1. The minimum atomic E-state index is 0.504. The van der Waals surface area contributed by atoms with Crippen LogP contribution in [0.1, 0.15) is 12.5 Å². The van der Waals surface area contributed by atoms with Crippen molar-refractivity contribution >= 4 is 11.4 Å². The Hall–Kier alpha value is -1.22. The average Bonchev–Trinajstić information content (AvgIpc) is 2.11. The number of hydrogen-bond acceptors (Lipinski definition) is 3. The van der Waals surface area contributed by atoms with Gasteiger partial charge in [0.2, 0.25) is 0 Å². The normalized spacial score (nSPS) is 10.0. The molecular formula is C10H16N2O. The minimum Gasteiger partial charge on any atom is -0.397 e. The molecule has 1 aromatic carbocycles. The third-order valence-electron chi connectivity index (χ3n) is 1.78. The van der Waals surface area contributed by atoms with Crippen molar-refractivity contribution in [3.8, 4) is 0 Å². The second-order valence-electron chi connectivity index (χ2n) is 2.90. The molecule has 0 saturated carbocycles. The molecule has 0 amide bonds. The first-order chi connectivity index (χ1) is 6.24. The van der Waals surface area contributed by atoms with Gasteiger partial charge in [-0.25, -0.2) is 0 Å². The molecule has 3 nitrogen and oxygen atoms in total. The van der Waals surface area contributed by atoms with Crippen molar-refractivity contribution in [1.29, 1.82) is 0 Å². The standard InChI is InChI=1S/C10H16N2O/c1-3-13-7-12-10-6-8(2)4-5-9(10)11/h4-6,12H,3,7,11H2,1-2H3. The fourth-order valence-corrected chi connectivity index (χ4v) is 1.05. The van der Waals surface area contributed by atoms with Crippen LogP contribution in [0.25, 0.3) is 0 Å². The topological polar surface area (TPSA) is 47.3 Å². The van der Waals surface area contributed by atoms with Gasteiger partial charge < -0.3 is 15.8 Å². The van der Waals surface area contributed by atoms with Gasteiger partial charge in [0, 0.05) is 6.61 Å². The summed E-state index contributed by atoms with van der Waals surface area (Å²) in [5.74, 6) is 0. The minimum absolute atomic E-state index is 0.504. The van der Waals surface area contributed by atoms with Crippen LogP contribution in [0.5, 0.6) is 0 Å². The molecule has 1 aromatic rings. The molecule has 0 saturated heterocycles. The molecular weight excluding hydrogens is 164 g/mol. The van der Waals surface area contributed by atoms with Crippen molar-refractivity contribution in [2.24, 2.45) is 0 Å². The monoisotopic (exact) mass is 180 g/mol. The van der Waals surface area contributed by atoms with Crippen LogP contribution in [-0.4, -0.2) is 13.3 Å². The Morgan fingerprint density at radius 3 is 2.92 bits per heavy atom. The van der Waals surface area contributed by atoms with Gasteiger partial charge in [-0.15, -0.1) is 0 Å². The summed E-state index contributed by atoms with van der Waals surface area (Å²) in [6.07, 6.45) is 0. The molecule has 72 valence electrons. The van der Waals surface area contributed by atoms with Crippen molar-refractivity contribution in [1.82, 2.24) is 0 Å². The van der Waals surface area contributed by atoms with Gasteiger partial charge in [0.25, 0.3) is 0 Å². The molecule has 0 aliphatic carbocycles. The number of hydrogen-bond donors (Lipinski definition) is 2. The lowest BCUT2D eigenvalue weighted by Gasteiger charge is -2.09. The summed E-state index contributed by atoms with van der Waals surface area (Å²) in [5.41, 5.74) is 8.64. The second kappa shape index (κ2) is 4.72. The number of aryl methyl sites for hydroxylation is 1. The number of anilines is 2. The fourth-order valence-electron chi connectivity index (χ4n) is 1.05. The molecule has 0 aromatic heterocycles. The number of ether oxygens (including phenoxy) is 1. The van der Waals surface area contributed by atoms with Crippen molar-refractivity contribution < 1.29 is 4.74 Å². The van der Waals surface area contributed by atoms with Crippen LogP contribution in [0.4, 0.5) is 11.4 Å². The summed E-state index contributed by atoms with van der Waals surface area (Å²) in [6.45, 7) is 5.20. The van der Waals surface area contributed by atoms with Crippen LogP contribution >= 0.6 is 0 Å². The summed E-state index contributed by atoms with van der Waals surface area (Å²) in [6, 6.07) is 5.89. The molecule has 3 heteroatoms. The average molecular weight is 180 g/mol. The molecule has 13 heavy (non-hydrogen) atoms. The number of benzene rings is 1. The van der Waals surface area contributed by atoms with Crippen LogP contribution in [-0.2, 0) is 4.74 Å². The smallest absolute Gasteiger partial charge is 0.116 e. The predicted molar refractivity (Wildman–Crippen MR) is 55.7 cm³/mol. The molecule has 0 radical (unpaired) electrons. The first-order valence-corrected chi connectivity index (χ1v) is 4.41.